The molecule has 0 atom stereocenters. The molecule has 1 aromatic rings. The highest BCUT2D eigenvalue weighted by Crippen LogP contribution is 2.21. The third kappa shape index (κ3) is 2.48. The molecule has 0 aliphatic rings. The van der Waals surface area contributed by atoms with Crippen molar-refractivity contribution in [3.63, 3.8) is 0 Å². The van der Waals surface area contributed by atoms with Gasteiger partial charge in [0.1, 0.15) is 0 Å². The molecule has 0 fully saturated rings. The minimum Gasteiger partial charge on any atom is -0.475 e. The molecule has 5 nitrogen and oxygen atoms in total. The van der Waals surface area contributed by atoms with E-state index in [0.717, 1.165) is 12.3 Å². The Balaban J connectivity index is 2.86. The Morgan fingerprint density at radius 2 is 2.00 bits per heavy atom. The molecule has 0 aromatic carbocycles. The van der Waals surface area contributed by atoms with E-state index in [1.54, 1.807) is 0 Å². The molecule has 0 saturated heterocycles. The van der Waals surface area contributed by atoms with Crippen LogP contribution in [0, 0.1) is 0 Å². The lowest BCUT2D eigenvalue weighted by Crippen LogP contribution is -2.30. The molecule has 8 heteroatoms. The molecular weight excluding hydrogens is 219 g/mol. The number of hydrogen-bond acceptors (Lipinski definition) is 3. The predicted octanol–water partition coefficient (Wildman–Crippen LogP) is 1.48. The maximum atomic E-state index is 11.8. The smallest absolute Gasteiger partial charge is 0.471 e. The molecule has 0 bridgehead atoms. The van der Waals surface area contributed by atoms with Crippen LogP contribution in [-0.4, -0.2) is 23.2 Å². The lowest BCUT2D eigenvalue weighted by atomic mass is 10.3. The molecule has 0 aliphatic heterocycles. The predicted molar refractivity (Wildman–Crippen MR) is 40.4 cm³/mol. The second kappa shape index (κ2) is 3.64. The number of nitrogens with one attached hydrogen (secondary N) is 1. The third-order valence-corrected chi connectivity index (χ3v) is 1.37. The standard InChI is InChI=1S/C7H4F3NO4/c8-7(9,10)6(14)11-3-1-2-15-4(3)5(12)13/h1-2H,(H,11,14)(H,12,13). The molecule has 0 spiro atoms. The lowest BCUT2D eigenvalue weighted by molar-refractivity contribution is -0.167. The fraction of sp³-hybridized carbons (Fsp3) is 0.143. The van der Waals surface area contributed by atoms with Crippen molar-refractivity contribution in [2.24, 2.45) is 0 Å². The first-order chi connectivity index (χ1) is 6.82. The molecular formula is C7H4F3NO4. The van der Waals surface area contributed by atoms with E-state index < -0.39 is 29.5 Å². The van der Waals surface area contributed by atoms with Crippen LogP contribution in [0.25, 0.3) is 0 Å². The number of anilines is 1. The van der Waals surface area contributed by atoms with Gasteiger partial charge in [-0.15, -0.1) is 0 Å². The number of rotatable bonds is 2. The molecule has 1 heterocycles. The van der Waals surface area contributed by atoms with Crippen molar-refractivity contribution >= 4 is 17.6 Å². The van der Waals surface area contributed by atoms with Crippen LogP contribution < -0.4 is 5.32 Å². The van der Waals surface area contributed by atoms with Gasteiger partial charge in [0.25, 0.3) is 0 Å². The number of hydrogen-bond donors (Lipinski definition) is 2. The quantitative estimate of drug-likeness (QED) is 0.795. The maximum absolute atomic E-state index is 11.8. The SMILES string of the molecule is O=C(O)c1occc1NC(=O)C(F)(F)F. The normalized spacial score (nSPS) is 11.1. The minimum atomic E-state index is -5.08. The second-order valence-corrected chi connectivity index (χ2v) is 2.42. The van der Waals surface area contributed by atoms with Crippen LogP contribution in [0.5, 0.6) is 0 Å². The number of carboxylic acid groups (broad SMARTS) is 1. The van der Waals surface area contributed by atoms with Crippen LogP contribution in [-0.2, 0) is 4.79 Å². The summed E-state index contributed by atoms with van der Waals surface area (Å²) in [7, 11) is 0. The van der Waals surface area contributed by atoms with Crippen LogP contribution >= 0.6 is 0 Å². The lowest BCUT2D eigenvalue weighted by Gasteiger charge is -2.05. The van der Waals surface area contributed by atoms with E-state index in [4.69, 9.17) is 5.11 Å². The minimum absolute atomic E-state index is 0.537. The Hall–Kier alpha value is -1.99. The monoisotopic (exact) mass is 223 g/mol. The molecule has 82 valence electrons. The fourth-order valence-corrected chi connectivity index (χ4v) is 0.767. The zero-order chi connectivity index (χ0) is 11.6. The van der Waals surface area contributed by atoms with E-state index in [2.05, 4.69) is 4.42 Å². The first-order valence-electron chi connectivity index (χ1n) is 3.51. The third-order valence-electron chi connectivity index (χ3n) is 1.37. The Labute approximate surface area is 80.5 Å². The van der Waals surface area contributed by atoms with Gasteiger partial charge in [0.15, 0.2) is 0 Å². The van der Waals surface area contributed by atoms with Crippen LogP contribution in [0.2, 0.25) is 0 Å². The van der Waals surface area contributed by atoms with Gasteiger partial charge in [0, 0.05) is 6.07 Å². The highest BCUT2D eigenvalue weighted by Gasteiger charge is 2.39. The first kappa shape index (κ1) is 11.1. The van der Waals surface area contributed by atoms with Crippen molar-refractivity contribution < 1.29 is 32.3 Å². The summed E-state index contributed by atoms with van der Waals surface area (Å²) in [5, 5.41) is 9.82. The van der Waals surface area contributed by atoms with Crippen LogP contribution in [0.3, 0.4) is 0 Å². The van der Waals surface area contributed by atoms with Gasteiger partial charge >= 0.3 is 18.1 Å². The molecule has 0 unspecified atom stereocenters. The Bertz CT molecular complexity index is 395. The van der Waals surface area contributed by atoms with Crippen molar-refractivity contribution in [2.75, 3.05) is 5.32 Å². The van der Waals surface area contributed by atoms with E-state index in [0.29, 0.717) is 0 Å². The number of carbonyl (C=O) groups is 2. The van der Waals surface area contributed by atoms with Gasteiger partial charge in [-0.2, -0.15) is 13.2 Å². The molecule has 0 saturated carbocycles. The summed E-state index contributed by atoms with van der Waals surface area (Å²) < 4.78 is 39.7. The molecule has 1 amide bonds. The van der Waals surface area contributed by atoms with Gasteiger partial charge in [-0.25, -0.2) is 4.79 Å². The molecule has 1 aromatic heterocycles. The molecule has 0 aliphatic carbocycles. The van der Waals surface area contributed by atoms with Crippen molar-refractivity contribution in [2.45, 2.75) is 6.18 Å². The van der Waals surface area contributed by atoms with Gasteiger partial charge in [-0.05, 0) is 0 Å². The zero-order valence-corrected chi connectivity index (χ0v) is 6.96. The fourth-order valence-electron chi connectivity index (χ4n) is 0.767. The molecule has 15 heavy (non-hydrogen) atoms. The number of alkyl halides is 3. The topological polar surface area (TPSA) is 79.5 Å². The van der Waals surface area contributed by atoms with Gasteiger partial charge < -0.3 is 14.8 Å². The average Bonchev–Trinajstić information content (AvgIpc) is 2.50. The highest BCUT2D eigenvalue weighted by atomic mass is 19.4. The summed E-state index contributed by atoms with van der Waals surface area (Å²) in [5.41, 5.74) is -0.537. The van der Waals surface area contributed by atoms with Crippen molar-refractivity contribution in [3.8, 4) is 0 Å². The van der Waals surface area contributed by atoms with Crippen LogP contribution in [0.1, 0.15) is 10.6 Å². The zero-order valence-electron chi connectivity index (χ0n) is 6.96. The summed E-state index contributed by atoms with van der Waals surface area (Å²) >= 11 is 0. The molecule has 0 radical (unpaired) electrons. The van der Waals surface area contributed by atoms with E-state index in [1.807, 2.05) is 0 Å². The second-order valence-electron chi connectivity index (χ2n) is 2.42. The number of halogens is 3. The molecule has 1 rings (SSSR count). The maximum Gasteiger partial charge on any atom is 0.471 e. The van der Waals surface area contributed by atoms with Crippen molar-refractivity contribution in [1.29, 1.82) is 0 Å². The largest absolute Gasteiger partial charge is 0.475 e. The first-order valence-corrected chi connectivity index (χ1v) is 3.51. The Morgan fingerprint density at radius 1 is 1.40 bits per heavy atom. The van der Waals surface area contributed by atoms with Crippen LogP contribution in [0.4, 0.5) is 18.9 Å². The van der Waals surface area contributed by atoms with E-state index >= 15 is 0 Å². The number of aromatic carboxylic acids is 1. The van der Waals surface area contributed by atoms with E-state index in [1.165, 1.54) is 5.32 Å². The number of carboxylic acids is 1. The van der Waals surface area contributed by atoms with Crippen LogP contribution in [0.15, 0.2) is 16.7 Å². The average molecular weight is 223 g/mol. The summed E-state index contributed by atoms with van der Waals surface area (Å²) in [6.45, 7) is 0. The number of carbonyl (C=O) groups excluding carboxylic acids is 1. The van der Waals surface area contributed by atoms with Gasteiger partial charge in [-0.3, -0.25) is 4.79 Å². The van der Waals surface area contributed by atoms with Crippen molar-refractivity contribution in [1.82, 2.24) is 0 Å². The number of amides is 1. The van der Waals surface area contributed by atoms with Gasteiger partial charge in [0.2, 0.25) is 5.76 Å². The van der Waals surface area contributed by atoms with Gasteiger partial charge in [-0.1, -0.05) is 0 Å². The summed E-state index contributed by atoms with van der Waals surface area (Å²) in [4.78, 5) is 20.8. The van der Waals surface area contributed by atoms with Crippen molar-refractivity contribution in [3.05, 3.63) is 18.1 Å². The van der Waals surface area contributed by atoms with E-state index in [9.17, 15) is 22.8 Å². The van der Waals surface area contributed by atoms with E-state index in [-0.39, 0.29) is 0 Å². The Morgan fingerprint density at radius 3 is 2.47 bits per heavy atom. The summed E-state index contributed by atoms with van der Waals surface area (Å²) in [5.74, 6) is -4.59. The van der Waals surface area contributed by atoms with Gasteiger partial charge in [0.05, 0.1) is 12.0 Å². The number of furan rings is 1. The molecule has 2 N–H and O–H groups in total. The highest BCUT2D eigenvalue weighted by molar-refractivity contribution is 6.00. The summed E-state index contributed by atoms with van der Waals surface area (Å²) in [6, 6.07) is 0.910. The summed E-state index contributed by atoms with van der Waals surface area (Å²) in [6.07, 6.45) is -4.22. The Kier molecular flexibility index (Phi) is 2.69.